The number of rotatable bonds is 7. The molecule has 102 valence electrons. The van der Waals surface area contributed by atoms with Crippen molar-refractivity contribution in [3.8, 4) is 0 Å². The summed E-state index contributed by atoms with van der Waals surface area (Å²) in [5.41, 5.74) is 1.44. The van der Waals surface area contributed by atoms with E-state index < -0.39 is 0 Å². The van der Waals surface area contributed by atoms with Crippen molar-refractivity contribution in [2.75, 3.05) is 13.1 Å². The number of thiophene rings is 1. The van der Waals surface area contributed by atoms with Crippen molar-refractivity contribution in [3.63, 3.8) is 0 Å². The highest BCUT2D eigenvalue weighted by Gasteiger charge is 2.12. The molecule has 0 bridgehead atoms. The van der Waals surface area contributed by atoms with Crippen molar-refractivity contribution in [1.29, 1.82) is 0 Å². The first-order valence-electron chi connectivity index (χ1n) is 7.03. The molecule has 0 aliphatic carbocycles. The SMILES string of the molecule is CC(C)CNCC(Cc1cccs1)c1ccccc1. The third-order valence-electron chi connectivity index (χ3n) is 3.24. The van der Waals surface area contributed by atoms with Gasteiger partial charge < -0.3 is 5.32 Å². The van der Waals surface area contributed by atoms with Gasteiger partial charge in [0, 0.05) is 17.3 Å². The molecule has 0 fully saturated rings. The molecule has 1 heterocycles. The maximum Gasteiger partial charge on any atom is 0.00517 e. The van der Waals surface area contributed by atoms with E-state index in [4.69, 9.17) is 0 Å². The lowest BCUT2D eigenvalue weighted by atomic mass is 9.95. The Morgan fingerprint density at radius 2 is 1.79 bits per heavy atom. The summed E-state index contributed by atoms with van der Waals surface area (Å²) in [7, 11) is 0. The summed E-state index contributed by atoms with van der Waals surface area (Å²) in [6.07, 6.45) is 1.13. The Hall–Kier alpha value is -1.12. The highest BCUT2D eigenvalue weighted by Crippen LogP contribution is 2.22. The molecule has 0 aliphatic rings. The van der Waals surface area contributed by atoms with Gasteiger partial charge in [0.15, 0.2) is 0 Å². The summed E-state index contributed by atoms with van der Waals surface area (Å²) in [6, 6.07) is 15.2. The summed E-state index contributed by atoms with van der Waals surface area (Å²) in [5, 5.41) is 5.77. The van der Waals surface area contributed by atoms with Crippen LogP contribution in [0.3, 0.4) is 0 Å². The molecule has 0 spiro atoms. The molecule has 1 unspecified atom stereocenters. The molecule has 1 nitrogen and oxygen atoms in total. The molecule has 0 saturated heterocycles. The van der Waals surface area contributed by atoms with E-state index in [1.165, 1.54) is 10.4 Å². The van der Waals surface area contributed by atoms with Crippen molar-refractivity contribution in [2.24, 2.45) is 5.92 Å². The smallest absolute Gasteiger partial charge is 0.00517 e. The summed E-state index contributed by atoms with van der Waals surface area (Å²) in [4.78, 5) is 1.47. The fourth-order valence-corrected chi connectivity index (χ4v) is 3.04. The second-order valence-corrected chi connectivity index (χ2v) is 6.48. The van der Waals surface area contributed by atoms with E-state index in [1.54, 1.807) is 0 Å². The first-order chi connectivity index (χ1) is 9.25. The van der Waals surface area contributed by atoms with Crippen molar-refractivity contribution in [2.45, 2.75) is 26.2 Å². The maximum atomic E-state index is 3.60. The summed E-state index contributed by atoms with van der Waals surface area (Å²) < 4.78 is 0. The van der Waals surface area contributed by atoms with Crippen LogP contribution in [0.1, 0.15) is 30.2 Å². The standard InChI is InChI=1S/C17H23NS/c1-14(2)12-18-13-16(11-17-9-6-10-19-17)15-7-4-3-5-8-15/h3-10,14,16,18H,11-13H2,1-2H3. The molecule has 2 rings (SSSR count). The van der Waals surface area contributed by atoms with E-state index in [2.05, 4.69) is 67.0 Å². The van der Waals surface area contributed by atoms with E-state index in [0.717, 1.165) is 19.5 Å². The molecule has 0 saturated carbocycles. The van der Waals surface area contributed by atoms with Crippen molar-refractivity contribution >= 4 is 11.3 Å². The topological polar surface area (TPSA) is 12.0 Å². The highest BCUT2D eigenvalue weighted by molar-refractivity contribution is 7.09. The third kappa shape index (κ3) is 4.81. The number of hydrogen-bond donors (Lipinski definition) is 1. The lowest BCUT2D eigenvalue weighted by Gasteiger charge is -2.18. The normalized spacial score (nSPS) is 12.8. The van der Waals surface area contributed by atoms with E-state index in [0.29, 0.717) is 11.8 Å². The molecule has 1 aromatic carbocycles. The lowest BCUT2D eigenvalue weighted by Crippen LogP contribution is -2.26. The van der Waals surface area contributed by atoms with Gasteiger partial charge in [0.1, 0.15) is 0 Å². The Morgan fingerprint density at radius 3 is 2.42 bits per heavy atom. The minimum absolute atomic E-state index is 0.568. The average Bonchev–Trinajstić information content (AvgIpc) is 2.91. The van der Waals surface area contributed by atoms with Crippen LogP contribution < -0.4 is 5.32 Å². The molecule has 1 atom stereocenters. The summed E-state index contributed by atoms with van der Waals surface area (Å²) in [5.74, 6) is 1.27. The largest absolute Gasteiger partial charge is 0.316 e. The van der Waals surface area contributed by atoms with Crippen LogP contribution in [-0.4, -0.2) is 13.1 Å². The van der Waals surface area contributed by atoms with E-state index >= 15 is 0 Å². The fourth-order valence-electron chi connectivity index (χ4n) is 2.25. The van der Waals surface area contributed by atoms with Gasteiger partial charge in [-0.15, -0.1) is 11.3 Å². The van der Waals surface area contributed by atoms with Gasteiger partial charge in [0.25, 0.3) is 0 Å². The minimum Gasteiger partial charge on any atom is -0.316 e. The van der Waals surface area contributed by atoms with Gasteiger partial charge in [-0.3, -0.25) is 0 Å². The molecule has 2 aromatic rings. The van der Waals surface area contributed by atoms with Crippen LogP contribution >= 0.6 is 11.3 Å². The predicted molar refractivity (Wildman–Crippen MR) is 84.9 cm³/mol. The Kier molecular flexibility index (Phi) is 5.62. The van der Waals surface area contributed by atoms with Crippen LogP contribution in [0.2, 0.25) is 0 Å². The van der Waals surface area contributed by atoms with Gasteiger partial charge in [-0.1, -0.05) is 50.2 Å². The van der Waals surface area contributed by atoms with Gasteiger partial charge >= 0.3 is 0 Å². The average molecular weight is 273 g/mol. The first kappa shape index (κ1) is 14.3. The minimum atomic E-state index is 0.568. The maximum absolute atomic E-state index is 3.60. The molecule has 1 aromatic heterocycles. The second kappa shape index (κ2) is 7.46. The van der Waals surface area contributed by atoms with E-state index in [1.807, 2.05) is 11.3 Å². The van der Waals surface area contributed by atoms with Gasteiger partial charge in [-0.05, 0) is 35.9 Å². The Bertz CT molecular complexity index is 447. The van der Waals surface area contributed by atoms with Gasteiger partial charge in [0.05, 0.1) is 0 Å². The zero-order chi connectivity index (χ0) is 13.5. The monoisotopic (exact) mass is 273 g/mol. The molecule has 2 heteroatoms. The Balaban J connectivity index is 2.00. The Morgan fingerprint density at radius 1 is 1.00 bits per heavy atom. The fraction of sp³-hybridized carbons (Fsp3) is 0.412. The van der Waals surface area contributed by atoms with Gasteiger partial charge in [0.2, 0.25) is 0 Å². The van der Waals surface area contributed by atoms with Crippen LogP contribution in [0.5, 0.6) is 0 Å². The van der Waals surface area contributed by atoms with Crippen molar-refractivity contribution < 1.29 is 0 Å². The molecule has 0 aliphatic heterocycles. The van der Waals surface area contributed by atoms with Gasteiger partial charge in [-0.2, -0.15) is 0 Å². The van der Waals surface area contributed by atoms with E-state index in [-0.39, 0.29) is 0 Å². The number of nitrogens with one attached hydrogen (secondary N) is 1. The molecular formula is C17H23NS. The molecule has 0 amide bonds. The second-order valence-electron chi connectivity index (χ2n) is 5.44. The van der Waals surface area contributed by atoms with Crippen LogP contribution in [0.4, 0.5) is 0 Å². The van der Waals surface area contributed by atoms with Crippen LogP contribution in [0.25, 0.3) is 0 Å². The zero-order valence-corrected chi connectivity index (χ0v) is 12.6. The third-order valence-corrected chi connectivity index (χ3v) is 4.14. The summed E-state index contributed by atoms with van der Waals surface area (Å²) >= 11 is 1.86. The molecular weight excluding hydrogens is 250 g/mol. The predicted octanol–water partition coefficient (Wildman–Crippen LogP) is 4.32. The lowest BCUT2D eigenvalue weighted by molar-refractivity contribution is 0.515. The number of benzene rings is 1. The Labute approximate surface area is 120 Å². The zero-order valence-electron chi connectivity index (χ0n) is 11.8. The van der Waals surface area contributed by atoms with E-state index in [9.17, 15) is 0 Å². The summed E-state index contributed by atoms with van der Waals surface area (Å²) in [6.45, 7) is 6.65. The van der Waals surface area contributed by atoms with Crippen molar-refractivity contribution in [3.05, 3.63) is 58.3 Å². The quantitative estimate of drug-likeness (QED) is 0.792. The van der Waals surface area contributed by atoms with Crippen LogP contribution in [0, 0.1) is 5.92 Å². The van der Waals surface area contributed by atoms with Gasteiger partial charge in [-0.25, -0.2) is 0 Å². The molecule has 0 radical (unpaired) electrons. The first-order valence-corrected chi connectivity index (χ1v) is 7.91. The molecule has 1 N–H and O–H groups in total. The number of hydrogen-bond acceptors (Lipinski definition) is 2. The van der Waals surface area contributed by atoms with Crippen LogP contribution in [-0.2, 0) is 6.42 Å². The van der Waals surface area contributed by atoms with Crippen molar-refractivity contribution in [1.82, 2.24) is 5.32 Å². The highest BCUT2D eigenvalue weighted by atomic mass is 32.1. The molecule has 19 heavy (non-hydrogen) atoms. The van der Waals surface area contributed by atoms with Crippen LogP contribution in [0.15, 0.2) is 47.8 Å².